The van der Waals surface area contributed by atoms with E-state index in [1.165, 1.54) is 6.20 Å². The van der Waals surface area contributed by atoms with Gasteiger partial charge >= 0.3 is 6.18 Å². The topological polar surface area (TPSA) is 33.1 Å². The van der Waals surface area contributed by atoms with Gasteiger partial charge in [0.1, 0.15) is 0 Å². The fourth-order valence-corrected chi connectivity index (χ4v) is 3.82. The minimum atomic E-state index is -4.75. The lowest BCUT2D eigenvalue weighted by atomic mass is 9.80. The summed E-state index contributed by atoms with van der Waals surface area (Å²) in [5, 5.41) is 11.4. The van der Waals surface area contributed by atoms with Gasteiger partial charge in [0.05, 0.1) is 5.52 Å². The van der Waals surface area contributed by atoms with Crippen LogP contribution in [0.3, 0.4) is 0 Å². The average Bonchev–Trinajstić information content (AvgIpc) is 2.63. The zero-order valence-corrected chi connectivity index (χ0v) is 16.2. The predicted molar refractivity (Wildman–Crippen MR) is 105 cm³/mol. The maximum atomic E-state index is 14.0. The summed E-state index contributed by atoms with van der Waals surface area (Å²) in [5.74, 6) is -0.445. The second-order valence-corrected chi connectivity index (χ2v) is 7.66. The number of fused-ring (bicyclic) bond motifs is 1. The van der Waals surface area contributed by atoms with Crippen molar-refractivity contribution in [2.45, 2.75) is 51.3 Å². The first kappa shape index (κ1) is 20.3. The van der Waals surface area contributed by atoms with E-state index in [1.807, 2.05) is 32.0 Å². The molecule has 2 atom stereocenters. The van der Waals surface area contributed by atoms with Crippen molar-refractivity contribution in [2.75, 3.05) is 0 Å². The smallest absolute Gasteiger partial charge is 0.380 e. The third-order valence-corrected chi connectivity index (χ3v) is 5.36. The molecular formula is C23H24F3NO. The van der Waals surface area contributed by atoms with E-state index in [0.717, 1.165) is 16.7 Å². The van der Waals surface area contributed by atoms with E-state index >= 15 is 0 Å². The molecule has 148 valence electrons. The lowest BCUT2D eigenvalue weighted by molar-refractivity contribution is -0.263. The highest BCUT2D eigenvalue weighted by molar-refractivity contribution is 5.81. The molecule has 5 heteroatoms. The van der Waals surface area contributed by atoms with E-state index in [-0.39, 0.29) is 0 Å². The number of aryl methyl sites for hydroxylation is 2. The number of pyridine rings is 1. The fourth-order valence-electron chi connectivity index (χ4n) is 3.82. The number of para-hydroxylation sites is 1. The number of alkyl halides is 3. The van der Waals surface area contributed by atoms with Crippen LogP contribution in [0.1, 0.15) is 41.5 Å². The second kappa shape index (κ2) is 7.55. The lowest BCUT2D eigenvalue weighted by Crippen LogP contribution is -2.48. The van der Waals surface area contributed by atoms with E-state index in [2.05, 4.69) is 4.98 Å². The van der Waals surface area contributed by atoms with Gasteiger partial charge in [-0.05, 0) is 55.0 Å². The second-order valence-electron chi connectivity index (χ2n) is 7.66. The molecule has 0 saturated heterocycles. The summed E-state index contributed by atoms with van der Waals surface area (Å²) in [4.78, 5) is 4.20. The first-order valence-electron chi connectivity index (χ1n) is 9.29. The van der Waals surface area contributed by atoms with Gasteiger partial charge in [0.25, 0.3) is 0 Å². The first-order valence-corrected chi connectivity index (χ1v) is 9.29. The van der Waals surface area contributed by atoms with E-state index in [4.69, 9.17) is 0 Å². The average molecular weight is 387 g/mol. The zero-order valence-electron chi connectivity index (χ0n) is 16.2. The molecule has 0 amide bonds. The van der Waals surface area contributed by atoms with Crippen LogP contribution in [0.4, 0.5) is 13.2 Å². The molecule has 3 rings (SSSR count). The molecule has 28 heavy (non-hydrogen) atoms. The van der Waals surface area contributed by atoms with Crippen molar-refractivity contribution in [3.8, 4) is 0 Å². The Bertz CT molecular complexity index is 978. The van der Waals surface area contributed by atoms with Crippen LogP contribution in [0.2, 0.25) is 0 Å². The lowest BCUT2D eigenvalue weighted by Gasteiger charge is -2.34. The van der Waals surface area contributed by atoms with E-state index in [9.17, 15) is 18.3 Å². The molecule has 3 aromatic rings. The van der Waals surface area contributed by atoms with Crippen molar-refractivity contribution in [2.24, 2.45) is 0 Å². The third kappa shape index (κ3) is 4.04. The molecular weight excluding hydrogens is 363 g/mol. The van der Waals surface area contributed by atoms with Crippen LogP contribution in [0.25, 0.3) is 10.9 Å². The van der Waals surface area contributed by atoms with Crippen molar-refractivity contribution < 1.29 is 18.3 Å². The van der Waals surface area contributed by atoms with Crippen molar-refractivity contribution >= 4 is 10.9 Å². The molecule has 2 nitrogen and oxygen atoms in total. The monoisotopic (exact) mass is 387 g/mol. The highest BCUT2D eigenvalue weighted by atomic mass is 19.4. The fraction of sp³-hybridized carbons (Fsp3) is 0.348. The van der Waals surface area contributed by atoms with Crippen LogP contribution in [-0.2, 0) is 6.42 Å². The molecule has 0 bridgehead atoms. The number of aromatic nitrogens is 1. The molecule has 2 aromatic carbocycles. The van der Waals surface area contributed by atoms with Gasteiger partial charge in [0, 0.05) is 18.0 Å². The summed E-state index contributed by atoms with van der Waals surface area (Å²) < 4.78 is 41.9. The summed E-state index contributed by atoms with van der Waals surface area (Å²) >= 11 is 0. The van der Waals surface area contributed by atoms with Crippen molar-refractivity contribution in [1.82, 2.24) is 4.98 Å². The molecule has 1 N–H and O–H groups in total. The molecule has 0 saturated carbocycles. The van der Waals surface area contributed by atoms with Crippen LogP contribution in [0, 0.1) is 13.8 Å². The molecule has 0 spiro atoms. The largest absolute Gasteiger partial charge is 0.417 e. The van der Waals surface area contributed by atoms with Crippen LogP contribution >= 0.6 is 0 Å². The standard InChI is InChI=1S/C23H24F3NO/c1-15-8-9-16(2)20(12-15)17(3)13-22(28,23(24,25)26)14-18-10-11-27-21-7-5-4-6-19(18)21/h4-12,17,28H,13-14H2,1-3H3. The Labute approximate surface area is 163 Å². The van der Waals surface area contributed by atoms with E-state index < -0.39 is 30.5 Å². The predicted octanol–water partition coefficient (Wildman–Crippen LogP) is 5.88. The number of nitrogens with zero attached hydrogens (tertiary/aromatic N) is 1. The van der Waals surface area contributed by atoms with Gasteiger partial charge in [-0.2, -0.15) is 13.2 Å². The Hall–Kier alpha value is -2.40. The van der Waals surface area contributed by atoms with E-state index in [0.29, 0.717) is 16.5 Å². The number of halogens is 3. The Kier molecular flexibility index (Phi) is 5.48. The minimum Gasteiger partial charge on any atom is -0.380 e. The maximum Gasteiger partial charge on any atom is 0.417 e. The summed E-state index contributed by atoms with van der Waals surface area (Å²) in [6.45, 7) is 5.53. The molecule has 1 aromatic heterocycles. The minimum absolute atomic E-state index is 0.405. The summed E-state index contributed by atoms with van der Waals surface area (Å²) in [6, 6.07) is 14.3. The van der Waals surface area contributed by atoms with Gasteiger partial charge in [-0.1, -0.05) is 48.9 Å². The van der Waals surface area contributed by atoms with Gasteiger partial charge in [0.2, 0.25) is 0 Å². The molecule has 0 aliphatic carbocycles. The maximum absolute atomic E-state index is 14.0. The molecule has 0 fully saturated rings. The Morgan fingerprint density at radius 3 is 2.46 bits per heavy atom. The highest BCUT2D eigenvalue weighted by Crippen LogP contribution is 2.41. The summed E-state index contributed by atoms with van der Waals surface area (Å²) in [6.07, 6.45) is -4.17. The SMILES string of the molecule is Cc1ccc(C)c(C(C)CC(O)(Cc2ccnc3ccccc23)C(F)(F)F)c1. The van der Waals surface area contributed by atoms with Gasteiger partial charge in [-0.15, -0.1) is 0 Å². The van der Waals surface area contributed by atoms with Crippen LogP contribution in [0.5, 0.6) is 0 Å². The number of hydrogen-bond acceptors (Lipinski definition) is 2. The van der Waals surface area contributed by atoms with Crippen molar-refractivity contribution in [1.29, 1.82) is 0 Å². The quantitative estimate of drug-likeness (QED) is 0.593. The summed E-state index contributed by atoms with van der Waals surface area (Å²) in [7, 11) is 0. The van der Waals surface area contributed by atoms with Crippen molar-refractivity contribution in [3.63, 3.8) is 0 Å². The Balaban J connectivity index is 1.98. The molecule has 1 heterocycles. The van der Waals surface area contributed by atoms with Crippen LogP contribution < -0.4 is 0 Å². The normalized spacial score (nSPS) is 15.4. The molecule has 0 aliphatic rings. The number of aliphatic hydroxyl groups is 1. The number of rotatable bonds is 5. The molecule has 0 aliphatic heterocycles. The van der Waals surface area contributed by atoms with Gasteiger partial charge in [0.15, 0.2) is 5.60 Å². The van der Waals surface area contributed by atoms with Gasteiger partial charge in [-0.3, -0.25) is 4.98 Å². The number of benzene rings is 2. The number of hydrogen-bond donors (Lipinski definition) is 1. The summed E-state index contributed by atoms with van der Waals surface area (Å²) in [5.41, 5.74) is 0.986. The zero-order chi connectivity index (χ0) is 20.5. The Morgan fingerprint density at radius 2 is 1.75 bits per heavy atom. The Morgan fingerprint density at radius 1 is 1.04 bits per heavy atom. The molecule has 2 unspecified atom stereocenters. The van der Waals surface area contributed by atoms with Gasteiger partial charge < -0.3 is 5.11 Å². The highest BCUT2D eigenvalue weighted by Gasteiger charge is 2.54. The van der Waals surface area contributed by atoms with Crippen LogP contribution in [0.15, 0.2) is 54.7 Å². The molecule has 0 radical (unpaired) electrons. The van der Waals surface area contributed by atoms with E-state index in [1.54, 1.807) is 37.3 Å². The third-order valence-electron chi connectivity index (χ3n) is 5.36. The van der Waals surface area contributed by atoms with Crippen molar-refractivity contribution in [3.05, 3.63) is 77.0 Å². The first-order chi connectivity index (χ1) is 13.1. The van der Waals surface area contributed by atoms with Gasteiger partial charge in [-0.25, -0.2) is 0 Å². The van der Waals surface area contributed by atoms with Crippen LogP contribution in [-0.4, -0.2) is 21.9 Å².